The van der Waals surface area contributed by atoms with Gasteiger partial charge in [-0.05, 0) is 6.42 Å². The molecule has 0 saturated carbocycles. The third-order valence-corrected chi connectivity index (χ3v) is 0.348. The number of terminal acetylenes is 1. The van der Waals surface area contributed by atoms with Gasteiger partial charge in [-0.1, -0.05) is 13.3 Å². The van der Waals surface area contributed by atoms with Crippen LogP contribution in [0.2, 0.25) is 0 Å². The van der Waals surface area contributed by atoms with Gasteiger partial charge in [0.25, 0.3) is 0 Å². The monoisotopic (exact) mass is 81.1 g/mol. The lowest BCUT2D eigenvalue weighted by atomic mass is 10.5. The SMILES string of the molecule is C#C/N=C/CC. The normalized spacial score (nSPS) is 8.67. The van der Waals surface area contributed by atoms with Gasteiger partial charge in [0.15, 0.2) is 0 Å². The van der Waals surface area contributed by atoms with E-state index < -0.39 is 0 Å². The lowest BCUT2D eigenvalue weighted by molar-refractivity contribution is 1.32. The molecule has 0 N–H and O–H groups in total. The molecule has 0 aliphatic rings. The van der Waals surface area contributed by atoms with Gasteiger partial charge >= 0.3 is 0 Å². The van der Waals surface area contributed by atoms with E-state index in [-0.39, 0.29) is 0 Å². The summed E-state index contributed by atoms with van der Waals surface area (Å²) < 4.78 is 0. The molecule has 0 saturated heterocycles. The first-order chi connectivity index (χ1) is 2.91. The Morgan fingerprint density at radius 2 is 2.67 bits per heavy atom. The van der Waals surface area contributed by atoms with E-state index in [2.05, 4.69) is 11.0 Å². The smallest absolute Gasteiger partial charge is 0.0298 e. The summed E-state index contributed by atoms with van der Waals surface area (Å²) in [6.45, 7) is 1.99. The third kappa shape index (κ3) is 3.23. The summed E-state index contributed by atoms with van der Waals surface area (Å²) in [6.07, 6.45) is 7.38. The quantitative estimate of drug-likeness (QED) is 0.330. The Bertz CT molecular complexity index is 76.4. The summed E-state index contributed by atoms with van der Waals surface area (Å²) in [7, 11) is 0. The number of hydrogen-bond donors (Lipinski definition) is 0. The topological polar surface area (TPSA) is 12.4 Å². The molecule has 6 heavy (non-hydrogen) atoms. The van der Waals surface area contributed by atoms with Crippen LogP contribution in [0.25, 0.3) is 0 Å². The third-order valence-electron chi connectivity index (χ3n) is 0.348. The average Bonchev–Trinajstić information content (AvgIpc) is 1.61. The highest BCUT2D eigenvalue weighted by atomic mass is 14.6. The lowest BCUT2D eigenvalue weighted by Gasteiger charge is -1.65. The Labute approximate surface area is 38.1 Å². The van der Waals surface area contributed by atoms with Crippen LogP contribution in [0.5, 0.6) is 0 Å². The molecule has 0 aliphatic heterocycles. The second-order valence-electron chi connectivity index (χ2n) is 0.849. The van der Waals surface area contributed by atoms with Gasteiger partial charge in [0, 0.05) is 12.3 Å². The molecule has 0 radical (unpaired) electrons. The Morgan fingerprint density at radius 1 is 2.00 bits per heavy atom. The maximum Gasteiger partial charge on any atom is 0.0298 e. The van der Waals surface area contributed by atoms with Crippen LogP contribution in [-0.4, -0.2) is 6.21 Å². The standard InChI is InChI=1S/C5H7N/c1-3-5-6-4-2/h2,5H,3H2,1H3/b6-5+. The van der Waals surface area contributed by atoms with Crippen LogP contribution in [0.4, 0.5) is 0 Å². The molecular weight excluding hydrogens is 74.1 g/mol. The zero-order chi connectivity index (χ0) is 4.83. The highest BCUT2D eigenvalue weighted by Crippen LogP contribution is 1.63. The van der Waals surface area contributed by atoms with Gasteiger partial charge in [0.2, 0.25) is 0 Å². The lowest BCUT2D eigenvalue weighted by Crippen LogP contribution is -1.60. The Hall–Kier alpha value is -0.770. The maximum atomic E-state index is 4.77. The molecular formula is C5H7N. The van der Waals surface area contributed by atoms with Crippen molar-refractivity contribution in [2.24, 2.45) is 4.99 Å². The van der Waals surface area contributed by atoms with E-state index in [4.69, 9.17) is 6.42 Å². The second kappa shape index (κ2) is 4.23. The fraction of sp³-hybridized carbons (Fsp3) is 0.400. The number of rotatable bonds is 1. The summed E-state index contributed by atoms with van der Waals surface area (Å²) in [5.41, 5.74) is 0. The van der Waals surface area contributed by atoms with Crippen LogP contribution in [0.15, 0.2) is 4.99 Å². The molecule has 0 bridgehead atoms. The minimum absolute atomic E-state index is 0.921. The van der Waals surface area contributed by atoms with Crippen LogP contribution in [0.3, 0.4) is 0 Å². The van der Waals surface area contributed by atoms with E-state index >= 15 is 0 Å². The van der Waals surface area contributed by atoms with Crippen molar-refractivity contribution in [3.05, 3.63) is 0 Å². The Morgan fingerprint density at radius 3 is 2.83 bits per heavy atom. The fourth-order valence-corrected chi connectivity index (χ4v) is 0.144. The number of nitrogens with zero attached hydrogens (tertiary/aromatic N) is 1. The molecule has 0 amide bonds. The van der Waals surface area contributed by atoms with E-state index in [0.29, 0.717) is 0 Å². The summed E-state index contributed by atoms with van der Waals surface area (Å²) in [5.74, 6) is 0. The van der Waals surface area contributed by atoms with Gasteiger partial charge < -0.3 is 0 Å². The molecule has 0 atom stereocenters. The summed E-state index contributed by atoms with van der Waals surface area (Å²) in [4.78, 5) is 3.49. The van der Waals surface area contributed by atoms with E-state index in [9.17, 15) is 0 Å². The van der Waals surface area contributed by atoms with Crippen molar-refractivity contribution in [3.8, 4) is 12.5 Å². The summed E-state index contributed by atoms with van der Waals surface area (Å²) in [5, 5.41) is 0. The van der Waals surface area contributed by atoms with Crippen molar-refractivity contribution in [2.45, 2.75) is 13.3 Å². The molecule has 0 aromatic carbocycles. The molecule has 0 fully saturated rings. The first-order valence-corrected chi connectivity index (χ1v) is 1.89. The number of aliphatic imine (C=N–C) groups is 1. The van der Waals surface area contributed by atoms with Crippen LogP contribution in [0.1, 0.15) is 13.3 Å². The van der Waals surface area contributed by atoms with E-state index in [1.807, 2.05) is 6.92 Å². The highest BCUT2D eigenvalue weighted by molar-refractivity contribution is 5.57. The van der Waals surface area contributed by atoms with Crippen LogP contribution in [0, 0.1) is 12.5 Å². The maximum absolute atomic E-state index is 4.77. The molecule has 1 heteroatoms. The van der Waals surface area contributed by atoms with Crippen LogP contribution >= 0.6 is 0 Å². The Balaban J connectivity index is 3.02. The minimum atomic E-state index is 0.921. The molecule has 0 spiro atoms. The first kappa shape index (κ1) is 5.23. The van der Waals surface area contributed by atoms with Crippen molar-refractivity contribution < 1.29 is 0 Å². The van der Waals surface area contributed by atoms with Crippen molar-refractivity contribution in [1.82, 2.24) is 0 Å². The molecule has 0 rings (SSSR count). The van der Waals surface area contributed by atoms with Gasteiger partial charge in [-0.15, -0.1) is 0 Å². The van der Waals surface area contributed by atoms with Crippen LogP contribution in [-0.2, 0) is 0 Å². The second-order valence-corrected chi connectivity index (χ2v) is 0.849. The average molecular weight is 81.1 g/mol. The van der Waals surface area contributed by atoms with Gasteiger partial charge in [-0.3, -0.25) is 0 Å². The van der Waals surface area contributed by atoms with Crippen molar-refractivity contribution in [2.75, 3.05) is 0 Å². The van der Waals surface area contributed by atoms with Crippen molar-refractivity contribution in [3.63, 3.8) is 0 Å². The van der Waals surface area contributed by atoms with Crippen LogP contribution < -0.4 is 0 Å². The Kier molecular flexibility index (Phi) is 3.69. The highest BCUT2D eigenvalue weighted by Gasteiger charge is 1.56. The molecule has 0 aromatic rings. The molecule has 0 unspecified atom stereocenters. The van der Waals surface area contributed by atoms with Crippen molar-refractivity contribution in [1.29, 1.82) is 0 Å². The molecule has 0 heterocycles. The van der Waals surface area contributed by atoms with Gasteiger partial charge in [-0.25, -0.2) is 4.99 Å². The van der Waals surface area contributed by atoms with E-state index in [0.717, 1.165) is 6.42 Å². The minimum Gasteiger partial charge on any atom is -0.211 e. The van der Waals surface area contributed by atoms with Gasteiger partial charge in [0.1, 0.15) is 0 Å². The predicted octanol–water partition coefficient (Wildman–Crippen LogP) is 1.06. The largest absolute Gasteiger partial charge is 0.211 e. The number of hydrogen-bond acceptors (Lipinski definition) is 1. The molecule has 0 aliphatic carbocycles. The predicted molar refractivity (Wildman–Crippen MR) is 27.6 cm³/mol. The zero-order valence-electron chi connectivity index (χ0n) is 3.81. The van der Waals surface area contributed by atoms with E-state index in [1.54, 1.807) is 6.21 Å². The summed E-state index contributed by atoms with van der Waals surface area (Å²) in [6, 6.07) is 2.14. The van der Waals surface area contributed by atoms with E-state index in [1.165, 1.54) is 0 Å². The van der Waals surface area contributed by atoms with Crippen molar-refractivity contribution >= 4 is 6.21 Å². The molecule has 32 valence electrons. The zero-order valence-corrected chi connectivity index (χ0v) is 3.81. The summed E-state index contributed by atoms with van der Waals surface area (Å²) >= 11 is 0. The molecule has 0 aromatic heterocycles. The molecule has 1 nitrogen and oxygen atoms in total. The van der Waals surface area contributed by atoms with Gasteiger partial charge in [0.05, 0.1) is 0 Å². The first-order valence-electron chi connectivity index (χ1n) is 1.89. The fourth-order valence-electron chi connectivity index (χ4n) is 0.144. The van der Waals surface area contributed by atoms with Gasteiger partial charge in [-0.2, -0.15) is 0 Å².